The summed E-state index contributed by atoms with van der Waals surface area (Å²) in [5, 5.41) is 11.6. The predicted octanol–water partition coefficient (Wildman–Crippen LogP) is 3.37. The van der Waals surface area contributed by atoms with Crippen LogP contribution in [-0.2, 0) is 44.8 Å². The van der Waals surface area contributed by atoms with E-state index in [1.807, 2.05) is 34.9 Å². The van der Waals surface area contributed by atoms with Gasteiger partial charge in [-0.25, -0.2) is 0 Å². The number of thioether (sulfide) groups is 1. The fourth-order valence-corrected chi connectivity index (χ4v) is 5.03. The average molecular weight is 790 g/mol. The Morgan fingerprint density at radius 2 is 1.52 bits per heavy atom. The van der Waals surface area contributed by atoms with E-state index in [4.69, 9.17) is 4.79 Å². The van der Waals surface area contributed by atoms with Crippen LogP contribution in [0.5, 0.6) is 0 Å². The standard InChI is InChI=1S/C26H39N3O6S.C5H14N2.C4H11N.C2H6O.CH3NO.H2/c1-5-13-36-20(4)14-25(33)29(17-30)12-6-7-23(19(2)3)26(34)27-15-24(32)28-22-10-8-21(9-11-22)16-35-18-31;1-6-4-5-7(2)3;1-3-4-5-2;1-3-2;2-1-3;/h8-11,17-20,23H,5-7,12-16H2,1-4H3,(H,27,34)(H,28,32);6H,4-5H2,1-3H3;5H,3-4H2,1-2H3;1-2H3;1H,(H2,2,3);1H. The maximum Gasteiger partial charge on any atom is 0.293 e. The van der Waals surface area contributed by atoms with Crippen LogP contribution in [0.4, 0.5) is 5.69 Å². The number of likely N-dealkylation sites (N-methyl/N-ethyl adjacent to an activating group) is 2. The number of primary amides is 1. The third kappa shape index (κ3) is 38.2. The van der Waals surface area contributed by atoms with Crippen LogP contribution in [0.2, 0.25) is 0 Å². The Kier molecular flexibility index (Phi) is 44.6. The topological polar surface area (TPSA) is 202 Å². The number of carbonyl (C=O) groups is 6. The summed E-state index contributed by atoms with van der Waals surface area (Å²) in [6.45, 7) is 14.0. The molecule has 54 heavy (non-hydrogen) atoms. The molecule has 1 rings (SSSR count). The van der Waals surface area contributed by atoms with Crippen molar-refractivity contribution < 1.29 is 39.7 Å². The Labute approximate surface area is 331 Å². The summed E-state index contributed by atoms with van der Waals surface area (Å²) in [7, 11) is 11.3. The highest BCUT2D eigenvalue weighted by atomic mass is 32.2. The zero-order chi connectivity index (χ0) is 42.2. The van der Waals surface area contributed by atoms with E-state index in [1.165, 1.54) is 11.3 Å². The van der Waals surface area contributed by atoms with Gasteiger partial charge in [-0.15, -0.1) is 0 Å². The molecule has 0 aliphatic carbocycles. The first kappa shape index (κ1) is 57.2. The lowest BCUT2D eigenvalue weighted by Gasteiger charge is -2.22. The van der Waals surface area contributed by atoms with Crippen LogP contribution in [-0.4, -0.2) is 133 Å². The van der Waals surface area contributed by atoms with E-state index in [0.717, 1.165) is 37.4 Å². The van der Waals surface area contributed by atoms with Gasteiger partial charge < -0.3 is 41.4 Å². The molecule has 2 atom stereocenters. The highest BCUT2D eigenvalue weighted by Gasteiger charge is 2.23. The van der Waals surface area contributed by atoms with E-state index in [-0.39, 0.29) is 62.3 Å². The second-order valence-corrected chi connectivity index (χ2v) is 14.0. The number of methoxy groups -OCH3 is 1. The van der Waals surface area contributed by atoms with Crippen molar-refractivity contribution in [1.29, 1.82) is 0 Å². The lowest BCUT2D eigenvalue weighted by molar-refractivity contribution is -0.138. The van der Waals surface area contributed by atoms with E-state index in [2.05, 4.69) is 69.3 Å². The predicted molar refractivity (Wildman–Crippen MR) is 223 cm³/mol. The molecule has 1 aromatic carbocycles. The van der Waals surface area contributed by atoms with E-state index in [1.54, 1.807) is 50.2 Å². The number of benzene rings is 1. The normalized spacial score (nSPS) is 10.9. The first-order valence-electron chi connectivity index (χ1n) is 18.3. The average Bonchev–Trinajstić information content (AvgIpc) is 3.13. The number of nitrogens with zero attached hydrogens (tertiary/aromatic N) is 2. The molecule has 0 bridgehead atoms. The van der Waals surface area contributed by atoms with Gasteiger partial charge in [-0.3, -0.25) is 33.7 Å². The number of anilines is 1. The SMILES string of the molecule is CCCNC.CCCSC(C)CC(=O)N(C=O)CCCC(C(=O)NCC(=O)Nc1ccc(COC=O)cc1)C(C)C.CNCCN(C)C.COC.NC=O.[HH]. The van der Waals surface area contributed by atoms with Crippen LogP contribution < -0.4 is 27.0 Å². The highest BCUT2D eigenvalue weighted by Crippen LogP contribution is 2.19. The summed E-state index contributed by atoms with van der Waals surface area (Å²) in [4.78, 5) is 71.0. The number of amides is 5. The van der Waals surface area contributed by atoms with Crippen molar-refractivity contribution in [2.45, 2.75) is 78.6 Å². The van der Waals surface area contributed by atoms with Crippen molar-refractivity contribution >= 4 is 54.5 Å². The van der Waals surface area contributed by atoms with E-state index in [9.17, 15) is 24.0 Å². The van der Waals surface area contributed by atoms with E-state index < -0.39 is 0 Å². The number of rotatable bonds is 23. The smallest absolute Gasteiger partial charge is 0.293 e. The number of nitrogens with two attached hydrogens (primary N) is 1. The van der Waals surface area contributed by atoms with Gasteiger partial charge in [0.25, 0.3) is 6.47 Å². The largest absolute Gasteiger partial charge is 0.463 e. The van der Waals surface area contributed by atoms with Gasteiger partial charge >= 0.3 is 0 Å². The minimum atomic E-state index is -0.365. The number of nitrogens with one attached hydrogen (secondary N) is 4. The van der Waals surface area contributed by atoms with Crippen molar-refractivity contribution in [3.05, 3.63) is 29.8 Å². The molecule has 0 aliphatic rings. The molecular weight excluding hydrogens is 715 g/mol. The molecule has 0 heterocycles. The monoisotopic (exact) mass is 790 g/mol. The minimum absolute atomic E-state index is 0. The summed E-state index contributed by atoms with van der Waals surface area (Å²) < 4.78 is 8.93. The van der Waals surface area contributed by atoms with Crippen molar-refractivity contribution in [1.82, 2.24) is 25.8 Å². The van der Waals surface area contributed by atoms with Crippen LogP contribution >= 0.6 is 11.8 Å². The van der Waals surface area contributed by atoms with Crippen molar-refractivity contribution in [2.24, 2.45) is 17.6 Å². The first-order valence-corrected chi connectivity index (χ1v) is 19.4. The second kappa shape index (κ2) is 42.2. The Hall–Kier alpha value is -3.57. The second-order valence-electron chi connectivity index (χ2n) is 12.5. The van der Waals surface area contributed by atoms with Crippen LogP contribution in [0.25, 0.3) is 0 Å². The summed E-state index contributed by atoms with van der Waals surface area (Å²) in [5.74, 6) is -0.154. The third-order valence-electron chi connectivity index (χ3n) is 6.86. The molecule has 2 unspecified atom stereocenters. The maximum absolute atomic E-state index is 12.7. The van der Waals surface area contributed by atoms with E-state index in [0.29, 0.717) is 37.8 Å². The first-order chi connectivity index (χ1) is 25.7. The molecular formula is C38H75N7O8S. The molecule has 6 N–H and O–H groups in total. The van der Waals surface area contributed by atoms with Crippen LogP contribution in [0.3, 0.4) is 0 Å². The number of hydrogen-bond donors (Lipinski definition) is 5. The highest BCUT2D eigenvalue weighted by molar-refractivity contribution is 7.99. The van der Waals surface area contributed by atoms with Crippen LogP contribution in [0.15, 0.2) is 24.3 Å². The molecule has 0 fully saturated rings. The molecule has 16 heteroatoms. The zero-order valence-electron chi connectivity index (χ0n) is 34.9. The number of ether oxygens (including phenoxy) is 2. The Balaban J connectivity index is -0.000000363. The molecule has 0 spiro atoms. The summed E-state index contributed by atoms with van der Waals surface area (Å²) in [6, 6.07) is 6.82. The lowest BCUT2D eigenvalue weighted by atomic mass is 9.90. The molecule has 0 saturated heterocycles. The minimum Gasteiger partial charge on any atom is -0.463 e. The van der Waals surface area contributed by atoms with Gasteiger partial charge in [-0.1, -0.05) is 46.8 Å². The van der Waals surface area contributed by atoms with Gasteiger partial charge in [-0.05, 0) is 89.8 Å². The van der Waals surface area contributed by atoms with E-state index >= 15 is 0 Å². The fourth-order valence-electron chi connectivity index (χ4n) is 4.13. The summed E-state index contributed by atoms with van der Waals surface area (Å²) in [6.07, 6.45) is 4.39. The Morgan fingerprint density at radius 3 is 1.93 bits per heavy atom. The number of carbonyl (C=O) groups excluding carboxylic acids is 6. The zero-order valence-corrected chi connectivity index (χ0v) is 35.7. The Morgan fingerprint density at radius 1 is 0.944 bits per heavy atom. The quantitative estimate of drug-likeness (QED) is 0.101. The van der Waals surface area contributed by atoms with Crippen molar-refractivity contribution in [2.75, 3.05) is 86.2 Å². The molecule has 316 valence electrons. The fraction of sp³-hybridized carbons (Fsp3) is 0.684. The third-order valence-corrected chi connectivity index (χ3v) is 8.24. The summed E-state index contributed by atoms with van der Waals surface area (Å²) >= 11 is 1.72. The van der Waals surface area contributed by atoms with Gasteiger partial charge in [0.05, 0.1) is 6.54 Å². The molecule has 15 nitrogen and oxygen atoms in total. The van der Waals surface area contributed by atoms with Crippen LogP contribution in [0.1, 0.15) is 73.7 Å². The van der Waals surface area contributed by atoms with Gasteiger partial charge in [0.15, 0.2) is 0 Å². The molecule has 0 saturated carbocycles. The molecule has 0 aliphatic heterocycles. The molecule has 5 amide bonds. The van der Waals surface area contributed by atoms with Gasteiger partial charge in [0.2, 0.25) is 30.5 Å². The lowest BCUT2D eigenvalue weighted by Crippen LogP contribution is -2.39. The summed E-state index contributed by atoms with van der Waals surface area (Å²) in [5.41, 5.74) is 5.51. The Bertz CT molecular complexity index is 1070. The van der Waals surface area contributed by atoms with Gasteiger partial charge in [0.1, 0.15) is 6.61 Å². The maximum atomic E-state index is 12.7. The molecule has 0 aromatic heterocycles. The number of hydrogen-bond acceptors (Lipinski definition) is 12. The van der Waals surface area contributed by atoms with Crippen molar-refractivity contribution in [3.8, 4) is 0 Å². The number of imide groups is 1. The molecule has 0 radical (unpaired) electrons. The molecule has 1 aromatic rings. The van der Waals surface area contributed by atoms with Gasteiger partial charge in [0, 0.05) is 58.6 Å². The van der Waals surface area contributed by atoms with Crippen LogP contribution in [0, 0.1) is 11.8 Å². The van der Waals surface area contributed by atoms with Crippen molar-refractivity contribution in [3.63, 3.8) is 0 Å². The van der Waals surface area contributed by atoms with Gasteiger partial charge in [-0.2, -0.15) is 11.8 Å².